The van der Waals surface area contributed by atoms with E-state index in [0.717, 1.165) is 35.5 Å². The Morgan fingerprint density at radius 1 is 1.33 bits per heavy atom. The third-order valence-corrected chi connectivity index (χ3v) is 5.05. The minimum absolute atomic E-state index is 0.787. The van der Waals surface area contributed by atoms with Gasteiger partial charge in [-0.1, -0.05) is 43.9 Å². The number of hydrogen-bond acceptors (Lipinski definition) is 1. The predicted octanol–water partition coefficient (Wildman–Crippen LogP) is 5.13. The highest BCUT2D eigenvalue weighted by molar-refractivity contribution is 6.31. The molecule has 2 nitrogen and oxygen atoms in total. The molecule has 1 aliphatic rings. The monoisotopic (exact) mass is 304 g/mol. The Kier molecular flexibility index (Phi) is 4.87. The van der Waals surface area contributed by atoms with Crippen LogP contribution in [0.3, 0.4) is 0 Å². The van der Waals surface area contributed by atoms with Crippen molar-refractivity contribution in [2.75, 3.05) is 6.54 Å². The fourth-order valence-corrected chi connectivity index (χ4v) is 3.83. The normalized spacial score (nSPS) is 22.8. The maximum Gasteiger partial charge on any atom is 0.0472 e. The van der Waals surface area contributed by atoms with Crippen LogP contribution in [0.15, 0.2) is 24.4 Å². The number of fused-ring (bicyclic) bond motifs is 1. The number of benzene rings is 1. The van der Waals surface area contributed by atoms with E-state index in [-0.39, 0.29) is 0 Å². The van der Waals surface area contributed by atoms with Crippen LogP contribution in [0, 0.1) is 11.8 Å². The van der Waals surface area contributed by atoms with Crippen molar-refractivity contribution in [2.45, 2.75) is 45.6 Å². The number of aromatic amines is 1. The van der Waals surface area contributed by atoms with Gasteiger partial charge in [0.15, 0.2) is 0 Å². The summed E-state index contributed by atoms with van der Waals surface area (Å²) in [5.74, 6) is 1.87. The Balaban J connectivity index is 1.48. The average Bonchev–Trinajstić information content (AvgIpc) is 2.86. The molecule has 3 rings (SSSR count). The fourth-order valence-electron chi connectivity index (χ4n) is 3.66. The number of rotatable bonds is 5. The molecule has 0 bridgehead atoms. The molecule has 2 unspecified atom stereocenters. The molecule has 114 valence electrons. The number of halogens is 1. The zero-order chi connectivity index (χ0) is 14.7. The molecule has 1 fully saturated rings. The van der Waals surface area contributed by atoms with Crippen LogP contribution in [0.4, 0.5) is 0 Å². The largest absolute Gasteiger partial charge is 0.361 e. The van der Waals surface area contributed by atoms with Gasteiger partial charge in [-0.2, -0.15) is 0 Å². The number of nitrogens with one attached hydrogen (secondary N) is 2. The van der Waals surface area contributed by atoms with Gasteiger partial charge in [-0.15, -0.1) is 0 Å². The molecule has 1 aromatic heterocycles. The lowest BCUT2D eigenvalue weighted by Gasteiger charge is -2.26. The lowest BCUT2D eigenvalue weighted by molar-refractivity contribution is 0.267. The Bertz CT molecular complexity index is 590. The first-order valence-corrected chi connectivity index (χ1v) is 8.56. The van der Waals surface area contributed by atoms with Crippen LogP contribution in [0.5, 0.6) is 0 Å². The summed E-state index contributed by atoms with van der Waals surface area (Å²) < 4.78 is 0. The van der Waals surface area contributed by atoms with Gasteiger partial charge in [-0.05, 0) is 48.9 Å². The van der Waals surface area contributed by atoms with Gasteiger partial charge in [-0.25, -0.2) is 0 Å². The molecule has 1 aliphatic carbocycles. The van der Waals surface area contributed by atoms with Crippen molar-refractivity contribution >= 4 is 22.5 Å². The molecule has 21 heavy (non-hydrogen) atoms. The van der Waals surface area contributed by atoms with Gasteiger partial charge < -0.3 is 10.3 Å². The molecule has 3 heteroatoms. The summed E-state index contributed by atoms with van der Waals surface area (Å²) in [6.45, 7) is 4.46. The van der Waals surface area contributed by atoms with Crippen molar-refractivity contribution in [1.29, 1.82) is 0 Å². The SMILES string of the molecule is CC1CCCC(CCNCc2c[nH]c3cc(Cl)ccc23)C1. The van der Waals surface area contributed by atoms with Gasteiger partial charge in [0.25, 0.3) is 0 Å². The van der Waals surface area contributed by atoms with Crippen LogP contribution >= 0.6 is 11.6 Å². The lowest BCUT2D eigenvalue weighted by Crippen LogP contribution is -2.21. The summed E-state index contributed by atoms with van der Waals surface area (Å²) in [7, 11) is 0. The molecule has 1 heterocycles. The van der Waals surface area contributed by atoms with E-state index in [2.05, 4.69) is 29.5 Å². The van der Waals surface area contributed by atoms with Crippen LogP contribution in [-0.2, 0) is 6.54 Å². The maximum atomic E-state index is 6.02. The highest BCUT2D eigenvalue weighted by Crippen LogP contribution is 2.30. The standard InChI is InChI=1S/C18H25ClN2/c1-13-3-2-4-14(9-13)7-8-20-11-15-12-21-18-10-16(19)5-6-17(15)18/h5-6,10,12-14,20-21H,2-4,7-9,11H2,1H3. The highest BCUT2D eigenvalue weighted by atomic mass is 35.5. The zero-order valence-electron chi connectivity index (χ0n) is 12.8. The van der Waals surface area contributed by atoms with Crippen molar-refractivity contribution < 1.29 is 0 Å². The van der Waals surface area contributed by atoms with Crippen molar-refractivity contribution in [3.05, 3.63) is 35.0 Å². The Labute approximate surface area is 132 Å². The molecule has 1 saturated carbocycles. The van der Waals surface area contributed by atoms with Gasteiger partial charge in [0, 0.05) is 28.7 Å². The number of hydrogen-bond donors (Lipinski definition) is 2. The summed E-state index contributed by atoms with van der Waals surface area (Å²) >= 11 is 6.02. The molecule has 0 radical (unpaired) electrons. The van der Waals surface area contributed by atoms with E-state index in [4.69, 9.17) is 11.6 Å². The summed E-state index contributed by atoms with van der Waals surface area (Å²) in [5.41, 5.74) is 2.46. The minimum Gasteiger partial charge on any atom is -0.361 e. The van der Waals surface area contributed by atoms with Gasteiger partial charge in [0.05, 0.1) is 0 Å². The molecule has 0 aliphatic heterocycles. The Morgan fingerprint density at radius 3 is 3.10 bits per heavy atom. The van der Waals surface area contributed by atoms with E-state index in [1.165, 1.54) is 43.1 Å². The second-order valence-electron chi connectivity index (χ2n) is 6.61. The maximum absolute atomic E-state index is 6.02. The molecular formula is C18H25ClN2. The Morgan fingerprint density at radius 2 is 2.24 bits per heavy atom. The molecule has 0 spiro atoms. The van der Waals surface area contributed by atoms with Crippen molar-refractivity contribution in [1.82, 2.24) is 10.3 Å². The molecular weight excluding hydrogens is 280 g/mol. The van der Waals surface area contributed by atoms with Crippen LogP contribution in [-0.4, -0.2) is 11.5 Å². The van der Waals surface area contributed by atoms with E-state index in [0.29, 0.717) is 0 Å². The number of H-pyrrole nitrogens is 1. The van der Waals surface area contributed by atoms with Crippen molar-refractivity contribution in [3.63, 3.8) is 0 Å². The summed E-state index contributed by atoms with van der Waals surface area (Å²) in [6, 6.07) is 6.06. The smallest absolute Gasteiger partial charge is 0.0472 e. The first-order chi connectivity index (χ1) is 10.2. The topological polar surface area (TPSA) is 27.8 Å². The molecule has 0 saturated heterocycles. The van der Waals surface area contributed by atoms with Crippen molar-refractivity contribution in [2.24, 2.45) is 11.8 Å². The fraction of sp³-hybridized carbons (Fsp3) is 0.556. The second kappa shape index (κ2) is 6.85. The molecule has 2 aromatic rings. The van der Waals surface area contributed by atoms with Gasteiger partial charge in [-0.3, -0.25) is 0 Å². The lowest BCUT2D eigenvalue weighted by atomic mass is 9.81. The molecule has 2 N–H and O–H groups in total. The average molecular weight is 305 g/mol. The van der Waals surface area contributed by atoms with E-state index in [9.17, 15) is 0 Å². The highest BCUT2D eigenvalue weighted by Gasteiger charge is 2.18. The number of aromatic nitrogens is 1. The zero-order valence-corrected chi connectivity index (χ0v) is 13.5. The van der Waals surface area contributed by atoms with Crippen LogP contribution in [0.1, 0.15) is 44.6 Å². The molecule has 0 amide bonds. The quantitative estimate of drug-likeness (QED) is 0.737. The van der Waals surface area contributed by atoms with Crippen LogP contribution < -0.4 is 5.32 Å². The van der Waals surface area contributed by atoms with E-state index >= 15 is 0 Å². The third-order valence-electron chi connectivity index (χ3n) is 4.82. The van der Waals surface area contributed by atoms with Crippen LogP contribution in [0.25, 0.3) is 10.9 Å². The first-order valence-electron chi connectivity index (χ1n) is 8.18. The minimum atomic E-state index is 0.787. The van der Waals surface area contributed by atoms with E-state index in [1.54, 1.807) is 0 Å². The Hall–Kier alpha value is -0.990. The predicted molar refractivity (Wildman–Crippen MR) is 90.8 cm³/mol. The third kappa shape index (κ3) is 3.81. The summed E-state index contributed by atoms with van der Waals surface area (Å²) in [5, 5.41) is 5.67. The van der Waals surface area contributed by atoms with Crippen LogP contribution in [0.2, 0.25) is 5.02 Å². The summed E-state index contributed by atoms with van der Waals surface area (Å²) in [6.07, 6.45) is 9.12. The first kappa shape index (κ1) is 14.9. The van der Waals surface area contributed by atoms with Gasteiger partial charge in [0.2, 0.25) is 0 Å². The van der Waals surface area contributed by atoms with E-state index < -0.39 is 0 Å². The molecule has 1 aromatic carbocycles. The summed E-state index contributed by atoms with van der Waals surface area (Å²) in [4.78, 5) is 3.30. The van der Waals surface area contributed by atoms with Gasteiger partial charge in [0.1, 0.15) is 0 Å². The second-order valence-corrected chi connectivity index (χ2v) is 7.04. The molecule has 2 atom stereocenters. The van der Waals surface area contributed by atoms with Crippen molar-refractivity contribution in [3.8, 4) is 0 Å². The van der Waals surface area contributed by atoms with Gasteiger partial charge >= 0.3 is 0 Å². The van der Waals surface area contributed by atoms with E-state index in [1.807, 2.05) is 12.1 Å².